The number of hydrogen-bond donors (Lipinski definition) is 2. The first-order chi connectivity index (χ1) is 11.4. The summed E-state index contributed by atoms with van der Waals surface area (Å²) >= 11 is 1.22. The van der Waals surface area contributed by atoms with Gasteiger partial charge >= 0.3 is 0 Å². The second-order valence-corrected chi connectivity index (χ2v) is 8.06. The summed E-state index contributed by atoms with van der Waals surface area (Å²) < 4.78 is 28.7. The zero-order chi connectivity index (χ0) is 17.2. The van der Waals surface area contributed by atoms with Crippen molar-refractivity contribution >= 4 is 49.1 Å². The lowest BCUT2D eigenvalue weighted by molar-refractivity contribution is -0.113. The van der Waals surface area contributed by atoms with Gasteiger partial charge in [-0.2, -0.15) is 0 Å². The first-order valence-electron chi connectivity index (χ1n) is 7.03. The maximum Gasteiger partial charge on any atom is 0.271 e. The highest BCUT2D eigenvalue weighted by Crippen LogP contribution is 2.30. The summed E-state index contributed by atoms with van der Waals surface area (Å²) in [5.41, 5.74) is 6.23. The molecule has 0 spiro atoms. The average Bonchev–Trinajstić information content (AvgIpc) is 2.99. The molecule has 0 aliphatic heterocycles. The van der Waals surface area contributed by atoms with Gasteiger partial charge in [0, 0.05) is 16.5 Å². The third-order valence-electron chi connectivity index (χ3n) is 3.27. The van der Waals surface area contributed by atoms with E-state index < -0.39 is 15.9 Å². The second kappa shape index (κ2) is 6.46. The molecule has 0 fully saturated rings. The van der Waals surface area contributed by atoms with Crippen LogP contribution in [-0.4, -0.2) is 14.3 Å². The predicted octanol–water partition coefficient (Wildman–Crippen LogP) is 3.20. The molecule has 1 amide bonds. The van der Waals surface area contributed by atoms with Crippen molar-refractivity contribution in [1.29, 1.82) is 0 Å². The van der Waals surface area contributed by atoms with Crippen LogP contribution in [0.4, 0.5) is 5.69 Å². The third kappa shape index (κ3) is 3.64. The number of hydrogen-bond acceptors (Lipinski definition) is 4. The summed E-state index contributed by atoms with van der Waals surface area (Å²) in [5, 5.41) is 0.898. The summed E-state index contributed by atoms with van der Waals surface area (Å²) in [5.74, 6) is -0.537. The van der Waals surface area contributed by atoms with E-state index in [2.05, 4.69) is 4.72 Å². The normalized spacial score (nSPS) is 11.8. The Balaban J connectivity index is 1.82. The second-order valence-electron chi connectivity index (χ2n) is 5.07. The molecule has 5 nitrogen and oxygen atoms in total. The fourth-order valence-electron chi connectivity index (χ4n) is 2.14. The number of carbonyl (C=O) groups is 1. The van der Waals surface area contributed by atoms with Crippen molar-refractivity contribution in [3.8, 4) is 0 Å². The van der Waals surface area contributed by atoms with Gasteiger partial charge in [0.15, 0.2) is 0 Å². The van der Waals surface area contributed by atoms with Crippen LogP contribution in [0.5, 0.6) is 0 Å². The Morgan fingerprint density at radius 1 is 1.08 bits per heavy atom. The molecule has 0 unspecified atom stereocenters. The van der Waals surface area contributed by atoms with Crippen LogP contribution < -0.4 is 10.5 Å². The average molecular weight is 358 g/mol. The molecule has 3 N–H and O–H groups in total. The number of nitrogens with two attached hydrogens (primary N) is 1. The lowest BCUT2D eigenvalue weighted by Gasteiger charge is -2.06. The number of sulfonamides is 1. The van der Waals surface area contributed by atoms with Crippen LogP contribution in [0.25, 0.3) is 16.2 Å². The fourth-order valence-corrected chi connectivity index (χ4v) is 4.59. The number of fused-ring (bicyclic) bond motifs is 1. The molecule has 0 aliphatic carbocycles. The van der Waals surface area contributed by atoms with Crippen molar-refractivity contribution < 1.29 is 13.2 Å². The minimum absolute atomic E-state index is 0.265. The van der Waals surface area contributed by atoms with Crippen molar-refractivity contribution in [3.63, 3.8) is 0 Å². The molecule has 122 valence electrons. The van der Waals surface area contributed by atoms with Crippen LogP contribution >= 0.6 is 11.3 Å². The molecule has 2 aromatic carbocycles. The highest BCUT2D eigenvalue weighted by Gasteiger charge is 2.17. The number of anilines is 1. The summed E-state index contributed by atoms with van der Waals surface area (Å²) in [6.07, 6.45) is 2.81. The number of benzene rings is 2. The predicted molar refractivity (Wildman–Crippen MR) is 97.3 cm³/mol. The van der Waals surface area contributed by atoms with Gasteiger partial charge in [0.25, 0.3) is 10.0 Å². The molecule has 24 heavy (non-hydrogen) atoms. The van der Waals surface area contributed by atoms with E-state index in [4.69, 9.17) is 5.73 Å². The van der Waals surface area contributed by atoms with E-state index >= 15 is 0 Å². The standard InChI is InChI=1S/C17H14N2O3S2/c18-16(20)10-7-12-5-8-14(9-6-12)19-24(21,22)17-11-13-3-1-2-4-15(13)23-17/h1-11,19H,(H2,18,20)/b10-7+. The number of carbonyl (C=O) groups excluding carboxylic acids is 1. The van der Waals surface area contributed by atoms with E-state index in [1.807, 2.05) is 24.3 Å². The minimum atomic E-state index is -3.64. The SMILES string of the molecule is NC(=O)/C=C/c1ccc(NS(=O)(=O)c2cc3ccccc3s2)cc1. The molecule has 0 aliphatic rings. The Labute approximate surface area is 143 Å². The monoisotopic (exact) mass is 358 g/mol. The largest absolute Gasteiger partial charge is 0.366 e. The van der Waals surface area contributed by atoms with Gasteiger partial charge in [0.05, 0.1) is 0 Å². The Hall–Kier alpha value is -2.64. The Kier molecular flexibility index (Phi) is 4.37. The maximum absolute atomic E-state index is 12.5. The third-order valence-corrected chi connectivity index (χ3v) is 6.24. The Bertz CT molecular complexity index is 986. The summed E-state index contributed by atoms with van der Waals surface area (Å²) in [4.78, 5) is 10.7. The minimum Gasteiger partial charge on any atom is -0.366 e. The highest BCUT2D eigenvalue weighted by atomic mass is 32.2. The molecule has 3 rings (SSSR count). The van der Waals surface area contributed by atoms with Gasteiger partial charge in [-0.3, -0.25) is 9.52 Å². The van der Waals surface area contributed by atoms with E-state index in [0.717, 1.165) is 15.6 Å². The lowest BCUT2D eigenvalue weighted by atomic mass is 10.2. The van der Waals surface area contributed by atoms with Crippen LogP contribution in [0.1, 0.15) is 5.56 Å². The van der Waals surface area contributed by atoms with E-state index in [1.54, 1.807) is 36.4 Å². The number of nitrogens with one attached hydrogen (secondary N) is 1. The van der Waals surface area contributed by atoms with Gasteiger partial charge in [-0.1, -0.05) is 30.3 Å². The van der Waals surface area contributed by atoms with E-state index in [-0.39, 0.29) is 4.21 Å². The quantitative estimate of drug-likeness (QED) is 0.686. The zero-order valence-corrected chi connectivity index (χ0v) is 14.1. The maximum atomic E-state index is 12.5. The molecule has 0 atom stereocenters. The summed E-state index contributed by atoms with van der Waals surface area (Å²) in [6.45, 7) is 0. The molecular weight excluding hydrogens is 344 g/mol. The number of primary amides is 1. The molecule has 0 saturated carbocycles. The highest BCUT2D eigenvalue weighted by molar-refractivity contribution is 7.94. The van der Waals surface area contributed by atoms with Crippen LogP contribution in [0.15, 0.2) is 64.9 Å². The van der Waals surface area contributed by atoms with Crippen molar-refractivity contribution in [2.45, 2.75) is 4.21 Å². The topological polar surface area (TPSA) is 89.3 Å². The van der Waals surface area contributed by atoms with E-state index in [0.29, 0.717) is 5.69 Å². The fraction of sp³-hybridized carbons (Fsp3) is 0. The molecule has 0 saturated heterocycles. The van der Waals surface area contributed by atoms with Crippen molar-refractivity contribution in [2.75, 3.05) is 4.72 Å². The molecule has 1 aromatic heterocycles. The van der Waals surface area contributed by atoms with Crippen molar-refractivity contribution in [1.82, 2.24) is 0 Å². The van der Waals surface area contributed by atoms with E-state index in [9.17, 15) is 13.2 Å². The molecule has 0 bridgehead atoms. The van der Waals surface area contributed by atoms with Crippen molar-refractivity contribution in [2.24, 2.45) is 5.73 Å². The van der Waals surface area contributed by atoms with Gasteiger partial charge in [-0.15, -0.1) is 11.3 Å². The van der Waals surface area contributed by atoms with Crippen LogP contribution in [0.3, 0.4) is 0 Å². The van der Waals surface area contributed by atoms with Crippen LogP contribution in [0.2, 0.25) is 0 Å². The Morgan fingerprint density at radius 2 is 1.79 bits per heavy atom. The first kappa shape index (κ1) is 16.2. The van der Waals surface area contributed by atoms with Crippen LogP contribution in [0, 0.1) is 0 Å². The summed E-state index contributed by atoms with van der Waals surface area (Å²) in [6, 6.07) is 15.8. The number of rotatable bonds is 5. The zero-order valence-electron chi connectivity index (χ0n) is 12.5. The van der Waals surface area contributed by atoms with E-state index in [1.165, 1.54) is 17.4 Å². The summed E-state index contributed by atoms with van der Waals surface area (Å²) in [7, 11) is -3.64. The van der Waals surface area contributed by atoms with Gasteiger partial charge in [-0.05, 0) is 41.3 Å². The van der Waals surface area contributed by atoms with Gasteiger partial charge in [0.1, 0.15) is 4.21 Å². The molecule has 3 aromatic rings. The molecular formula is C17H14N2O3S2. The van der Waals surface area contributed by atoms with Crippen LogP contribution in [-0.2, 0) is 14.8 Å². The van der Waals surface area contributed by atoms with Gasteiger partial charge in [-0.25, -0.2) is 8.42 Å². The Morgan fingerprint density at radius 3 is 2.46 bits per heavy atom. The lowest BCUT2D eigenvalue weighted by Crippen LogP contribution is -2.11. The van der Waals surface area contributed by atoms with Gasteiger partial charge in [0.2, 0.25) is 5.91 Å². The van der Waals surface area contributed by atoms with Crippen molar-refractivity contribution in [3.05, 3.63) is 66.2 Å². The first-order valence-corrected chi connectivity index (χ1v) is 9.33. The molecule has 1 heterocycles. The molecule has 0 radical (unpaired) electrons. The number of amides is 1. The molecule has 7 heteroatoms. The van der Waals surface area contributed by atoms with Gasteiger partial charge < -0.3 is 5.73 Å². The smallest absolute Gasteiger partial charge is 0.271 e. The number of thiophene rings is 1.